The number of hydrogen-bond donors (Lipinski definition) is 0. The number of pyridine rings is 1. The van der Waals surface area contributed by atoms with Crippen LogP contribution in [0.4, 0.5) is 0 Å². The van der Waals surface area contributed by atoms with Gasteiger partial charge in [-0.15, -0.1) is 10.2 Å². The zero-order valence-corrected chi connectivity index (χ0v) is 18.1. The molecule has 30 heavy (non-hydrogen) atoms. The zero-order valence-electron chi connectivity index (χ0n) is 16.5. The largest absolute Gasteiger partial charge is 0.497 e. The number of aryl methyl sites for hydroxylation is 1. The Morgan fingerprint density at radius 3 is 2.43 bits per heavy atom. The van der Waals surface area contributed by atoms with Crippen molar-refractivity contribution in [2.24, 2.45) is 0 Å². The predicted molar refractivity (Wildman–Crippen MR) is 121 cm³/mol. The lowest BCUT2D eigenvalue weighted by molar-refractivity contribution is 0.415. The molecule has 0 amide bonds. The highest BCUT2D eigenvalue weighted by atomic mass is 35.5. The van der Waals surface area contributed by atoms with Gasteiger partial charge in [-0.25, -0.2) is 4.98 Å². The second kappa shape index (κ2) is 9.78. The smallest absolute Gasteiger partial charge is 0.191 e. The Balaban J connectivity index is 1.59. The van der Waals surface area contributed by atoms with Crippen LogP contribution in [0, 0.1) is 0 Å². The standard InChI is InChI=1S/C23H21ClN4OS/c1-29-20-10-8-19(9-11-20)22-26-27-23(30-16-18-7-12-21(24)25-15-18)28(22)14-13-17-5-3-2-4-6-17/h2-12,15H,13-14,16H2,1H3. The lowest BCUT2D eigenvalue weighted by Gasteiger charge is -2.11. The Morgan fingerprint density at radius 1 is 0.933 bits per heavy atom. The van der Waals surface area contributed by atoms with Crippen molar-refractivity contribution in [2.75, 3.05) is 7.11 Å². The van der Waals surface area contributed by atoms with Crippen LogP contribution in [0.3, 0.4) is 0 Å². The number of benzene rings is 2. The van der Waals surface area contributed by atoms with Gasteiger partial charge in [-0.05, 0) is 47.9 Å². The van der Waals surface area contributed by atoms with E-state index >= 15 is 0 Å². The van der Waals surface area contributed by atoms with Gasteiger partial charge in [0.15, 0.2) is 11.0 Å². The van der Waals surface area contributed by atoms with E-state index in [0.717, 1.165) is 46.6 Å². The van der Waals surface area contributed by atoms with Crippen LogP contribution in [0.5, 0.6) is 5.75 Å². The minimum absolute atomic E-state index is 0.497. The summed E-state index contributed by atoms with van der Waals surface area (Å²) in [4.78, 5) is 4.16. The van der Waals surface area contributed by atoms with Gasteiger partial charge in [-0.1, -0.05) is 59.8 Å². The first-order valence-corrected chi connectivity index (χ1v) is 10.9. The molecular formula is C23H21ClN4OS. The second-order valence-electron chi connectivity index (χ2n) is 6.70. The van der Waals surface area contributed by atoms with Gasteiger partial charge < -0.3 is 9.30 Å². The maximum atomic E-state index is 5.89. The fourth-order valence-electron chi connectivity index (χ4n) is 3.08. The molecule has 0 atom stereocenters. The highest BCUT2D eigenvalue weighted by Gasteiger charge is 2.15. The van der Waals surface area contributed by atoms with Crippen LogP contribution >= 0.6 is 23.4 Å². The molecule has 152 valence electrons. The van der Waals surface area contributed by atoms with Crippen molar-refractivity contribution in [2.45, 2.75) is 23.9 Å². The molecule has 0 saturated carbocycles. The number of halogens is 1. The Bertz CT molecular complexity index is 1080. The fourth-order valence-corrected chi connectivity index (χ4v) is 4.09. The number of methoxy groups -OCH3 is 1. The number of hydrogen-bond acceptors (Lipinski definition) is 5. The normalized spacial score (nSPS) is 10.9. The van der Waals surface area contributed by atoms with Crippen LogP contribution in [0.25, 0.3) is 11.4 Å². The van der Waals surface area contributed by atoms with Crippen molar-refractivity contribution >= 4 is 23.4 Å². The molecule has 0 aliphatic rings. The molecular weight excluding hydrogens is 416 g/mol. The van der Waals surface area contributed by atoms with E-state index in [0.29, 0.717) is 5.15 Å². The topological polar surface area (TPSA) is 52.8 Å². The lowest BCUT2D eigenvalue weighted by atomic mass is 10.1. The van der Waals surface area contributed by atoms with E-state index in [9.17, 15) is 0 Å². The van der Waals surface area contributed by atoms with E-state index < -0.39 is 0 Å². The second-order valence-corrected chi connectivity index (χ2v) is 8.03. The molecule has 0 aliphatic heterocycles. The summed E-state index contributed by atoms with van der Waals surface area (Å²) in [5, 5.41) is 10.4. The van der Waals surface area contributed by atoms with Crippen LogP contribution in [0.15, 0.2) is 78.1 Å². The molecule has 2 aromatic carbocycles. The summed E-state index contributed by atoms with van der Waals surface area (Å²) in [5.74, 6) is 2.42. The summed E-state index contributed by atoms with van der Waals surface area (Å²) in [6.45, 7) is 0.791. The average molecular weight is 437 g/mol. The molecule has 0 spiro atoms. The van der Waals surface area contributed by atoms with E-state index in [2.05, 4.69) is 44.0 Å². The zero-order chi connectivity index (χ0) is 20.8. The number of aromatic nitrogens is 4. The van der Waals surface area contributed by atoms with Crippen LogP contribution < -0.4 is 4.74 Å². The number of rotatable bonds is 8. The Morgan fingerprint density at radius 2 is 1.73 bits per heavy atom. The summed E-state index contributed by atoms with van der Waals surface area (Å²) in [5.41, 5.74) is 3.38. The van der Waals surface area contributed by atoms with Gasteiger partial charge in [-0.2, -0.15) is 0 Å². The Hall–Kier alpha value is -2.83. The number of ether oxygens (including phenoxy) is 1. The maximum Gasteiger partial charge on any atom is 0.191 e. The van der Waals surface area contributed by atoms with Gasteiger partial charge in [0.25, 0.3) is 0 Å². The van der Waals surface area contributed by atoms with Crippen molar-refractivity contribution in [3.63, 3.8) is 0 Å². The molecule has 0 saturated heterocycles. The summed E-state index contributed by atoms with van der Waals surface area (Å²) in [7, 11) is 1.66. The van der Waals surface area contributed by atoms with Gasteiger partial charge in [0.1, 0.15) is 10.9 Å². The first-order chi connectivity index (χ1) is 14.7. The summed E-state index contributed by atoms with van der Waals surface area (Å²) in [6, 6.07) is 22.1. The molecule has 0 N–H and O–H groups in total. The van der Waals surface area contributed by atoms with Crippen LogP contribution in [0.2, 0.25) is 5.15 Å². The predicted octanol–water partition coefficient (Wildman–Crippen LogP) is 5.54. The van der Waals surface area contributed by atoms with Crippen LogP contribution in [-0.2, 0) is 18.7 Å². The average Bonchev–Trinajstić information content (AvgIpc) is 3.21. The monoisotopic (exact) mass is 436 g/mol. The van der Waals surface area contributed by atoms with Gasteiger partial charge in [0.05, 0.1) is 7.11 Å². The minimum Gasteiger partial charge on any atom is -0.497 e. The molecule has 4 rings (SSSR count). The molecule has 0 aliphatic carbocycles. The van der Waals surface area contributed by atoms with Crippen LogP contribution in [-0.4, -0.2) is 26.9 Å². The van der Waals surface area contributed by atoms with Crippen molar-refractivity contribution in [3.8, 4) is 17.1 Å². The fraction of sp³-hybridized carbons (Fsp3) is 0.174. The quantitative estimate of drug-likeness (QED) is 0.268. The third kappa shape index (κ3) is 5.01. The molecule has 2 aromatic heterocycles. The molecule has 0 unspecified atom stereocenters. The van der Waals surface area contributed by atoms with E-state index in [-0.39, 0.29) is 0 Å². The number of nitrogens with zero attached hydrogens (tertiary/aromatic N) is 4. The number of thioether (sulfide) groups is 1. The SMILES string of the molecule is COc1ccc(-c2nnc(SCc3ccc(Cl)nc3)n2CCc2ccccc2)cc1. The maximum absolute atomic E-state index is 5.89. The molecule has 0 bridgehead atoms. The Labute approximate surface area is 185 Å². The molecule has 4 aromatic rings. The first kappa shape index (κ1) is 20.4. The first-order valence-electron chi connectivity index (χ1n) is 9.58. The van der Waals surface area contributed by atoms with Crippen molar-refractivity contribution in [1.82, 2.24) is 19.7 Å². The molecule has 0 radical (unpaired) electrons. The third-order valence-electron chi connectivity index (χ3n) is 4.69. The highest BCUT2D eigenvalue weighted by Crippen LogP contribution is 2.28. The van der Waals surface area contributed by atoms with Crippen molar-refractivity contribution in [1.29, 1.82) is 0 Å². The van der Waals surface area contributed by atoms with Crippen LogP contribution in [0.1, 0.15) is 11.1 Å². The Kier molecular flexibility index (Phi) is 6.67. The van der Waals surface area contributed by atoms with E-state index in [1.165, 1.54) is 5.56 Å². The lowest BCUT2D eigenvalue weighted by Crippen LogP contribution is -2.05. The van der Waals surface area contributed by atoms with Gasteiger partial charge in [-0.3, -0.25) is 0 Å². The van der Waals surface area contributed by atoms with Crippen molar-refractivity contribution < 1.29 is 4.74 Å². The highest BCUT2D eigenvalue weighted by molar-refractivity contribution is 7.98. The van der Waals surface area contributed by atoms with Gasteiger partial charge in [0.2, 0.25) is 0 Å². The van der Waals surface area contributed by atoms with E-state index in [4.69, 9.17) is 16.3 Å². The van der Waals surface area contributed by atoms with E-state index in [1.54, 1.807) is 31.1 Å². The molecule has 2 heterocycles. The summed E-state index contributed by atoms with van der Waals surface area (Å²) >= 11 is 7.54. The van der Waals surface area contributed by atoms with Crippen molar-refractivity contribution in [3.05, 3.63) is 89.2 Å². The summed E-state index contributed by atoms with van der Waals surface area (Å²) in [6.07, 6.45) is 2.70. The van der Waals surface area contributed by atoms with E-state index in [1.807, 2.05) is 36.4 Å². The summed E-state index contributed by atoms with van der Waals surface area (Å²) < 4.78 is 7.46. The minimum atomic E-state index is 0.497. The molecule has 7 heteroatoms. The van der Waals surface area contributed by atoms with Gasteiger partial charge >= 0.3 is 0 Å². The third-order valence-corrected chi connectivity index (χ3v) is 5.95. The van der Waals surface area contributed by atoms with Gasteiger partial charge in [0, 0.05) is 24.1 Å². The molecule has 0 fully saturated rings. The molecule has 5 nitrogen and oxygen atoms in total.